The van der Waals surface area contributed by atoms with Crippen molar-refractivity contribution in [3.8, 4) is 0 Å². The van der Waals surface area contributed by atoms with Gasteiger partial charge in [0.25, 0.3) is 0 Å². The molecule has 0 bridgehead atoms. The van der Waals surface area contributed by atoms with Crippen LogP contribution in [0.5, 0.6) is 0 Å². The predicted molar refractivity (Wildman–Crippen MR) is 62.8 cm³/mol. The summed E-state index contributed by atoms with van der Waals surface area (Å²) in [5.74, 6) is 0. The van der Waals surface area contributed by atoms with Crippen LogP contribution in [0.15, 0.2) is 24.3 Å². The summed E-state index contributed by atoms with van der Waals surface area (Å²) in [4.78, 5) is 1.96. The van der Waals surface area contributed by atoms with E-state index in [-0.39, 0.29) is 7.48 Å². The summed E-state index contributed by atoms with van der Waals surface area (Å²) in [6.45, 7) is 2.75. The zero-order chi connectivity index (χ0) is 11.4. The Balaban J connectivity index is 2.15. The van der Waals surface area contributed by atoms with E-state index in [9.17, 15) is 10.1 Å². The molecule has 1 aliphatic rings. The highest BCUT2D eigenvalue weighted by atomic mass is 16.5. The van der Waals surface area contributed by atoms with Crippen LogP contribution in [-0.2, 0) is 4.74 Å². The quantitative estimate of drug-likeness (QED) is 0.641. The Kier molecular flexibility index (Phi) is 3.95. The van der Waals surface area contributed by atoms with E-state index in [0.717, 1.165) is 24.1 Å². The van der Waals surface area contributed by atoms with Crippen LogP contribution in [0.2, 0.25) is 0 Å². The third-order valence-electron chi connectivity index (χ3n) is 2.90. The third-order valence-corrected chi connectivity index (χ3v) is 2.90. The van der Waals surface area contributed by atoms with Crippen molar-refractivity contribution in [2.75, 3.05) is 26.3 Å². The Morgan fingerprint density at radius 1 is 1.25 bits per heavy atom. The summed E-state index contributed by atoms with van der Waals surface area (Å²) in [5.41, 5.74) is 1.56. The summed E-state index contributed by atoms with van der Waals surface area (Å²) in [5, 5.41) is 19.4. The number of aliphatic hydroxyl groups excluding tert-OH is 1. The van der Waals surface area contributed by atoms with E-state index in [0.29, 0.717) is 13.2 Å². The van der Waals surface area contributed by atoms with Crippen LogP contribution in [0.3, 0.4) is 0 Å². The van der Waals surface area contributed by atoms with Gasteiger partial charge < -0.3 is 14.9 Å². The lowest BCUT2D eigenvalue weighted by Gasteiger charge is -2.32. The van der Waals surface area contributed by atoms with Crippen LogP contribution in [0, 0.1) is 0 Å². The van der Waals surface area contributed by atoms with E-state index in [1.165, 1.54) is 0 Å². The molecule has 1 heterocycles. The third kappa shape index (κ3) is 2.44. The largest absolute Gasteiger partial charge is 0.449 e. The molecule has 2 rings (SSSR count). The minimum absolute atomic E-state index is 0.0441. The smallest absolute Gasteiger partial charge is 0.305 e. The molecule has 1 aromatic rings. The van der Waals surface area contributed by atoms with Crippen LogP contribution < -0.4 is 5.46 Å². The molecule has 0 aliphatic carbocycles. The summed E-state index contributed by atoms with van der Waals surface area (Å²) >= 11 is 0. The molecule has 1 aliphatic heterocycles. The van der Waals surface area contributed by atoms with Gasteiger partial charge in [0.1, 0.15) is 6.23 Å². The molecule has 1 fully saturated rings. The second kappa shape index (κ2) is 5.45. The monoisotopic (exact) mass is 221 g/mol. The van der Waals surface area contributed by atoms with Gasteiger partial charge in [0.15, 0.2) is 0 Å². The minimum atomic E-state index is -0.646. The van der Waals surface area contributed by atoms with Crippen LogP contribution in [0.25, 0.3) is 0 Å². The van der Waals surface area contributed by atoms with Crippen LogP contribution in [0.1, 0.15) is 11.8 Å². The Labute approximate surface area is 95.7 Å². The molecular formula is C11H16BNO3. The first-order valence-corrected chi connectivity index (χ1v) is 5.51. The highest BCUT2D eigenvalue weighted by Crippen LogP contribution is 2.16. The minimum Gasteiger partial charge on any atom is -0.449 e. The number of nitrogens with zero attached hydrogens (tertiary/aromatic N) is 1. The van der Waals surface area contributed by atoms with Crippen molar-refractivity contribution in [3.63, 3.8) is 0 Å². The average Bonchev–Trinajstić information content (AvgIpc) is 2.39. The molecule has 1 saturated heterocycles. The molecule has 2 N–H and O–H groups in total. The van der Waals surface area contributed by atoms with Gasteiger partial charge in [-0.3, -0.25) is 4.90 Å². The highest BCUT2D eigenvalue weighted by Gasteiger charge is 2.21. The summed E-state index contributed by atoms with van der Waals surface area (Å²) in [6.07, 6.45) is -0.646. The molecule has 0 radical (unpaired) electrons. The standard InChI is InChI=1S/C11H16BNO3/c14-11(13-5-7-16-8-6-13)9-3-1-2-4-10(9)12-15/h1-4,11-12,14-15H,5-8H2. The zero-order valence-corrected chi connectivity index (χ0v) is 9.17. The Bertz CT molecular complexity index is 342. The summed E-state index contributed by atoms with van der Waals surface area (Å²) in [6, 6.07) is 7.42. The number of morpholine rings is 1. The van der Waals surface area contributed by atoms with Crippen LogP contribution in [0.4, 0.5) is 0 Å². The van der Waals surface area contributed by atoms with E-state index in [1.807, 2.05) is 29.2 Å². The molecule has 1 atom stereocenters. The maximum Gasteiger partial charge on any atom is 0.305 e. The second-order valence-electron chi connectivity index (χ2n) is 3.88. The average molecular weight is 221 g/mol. The summed E-state index contributed by atoms with van der Waals surface area (Å²) in [7, 11) is -0.0441. The molecule has 4 nitrogen and oxygen atoms in total. The lowest BCUT2D eigenvalue weighted by atomic mass is 9.83. The number of ether oxygens (including phenoxy) is 1. The van der Waals surface area contributed by atoms with Gasteiger partial charge in [-0.2, -0.15) is 0 Å². The Morgan fingerprint density at radius 3 is 2.62 bits per heavy atom. The highest BCUT2D eigenvalue weighted by molar-refractivity contribution is 6.46. The molecule has 0 amide bonds. The maximum absolute atomic E-state index is 10.2. The molecule has 1 unspecified atom stereocenters. The van der Waals surface area contributed by atoms with Crippen molar-refractivity contribution in [2.24, 2.45) is 0 Å². The fourth-order valence-corrected chi connectivity index (χ4v) is 1.95. The van der Waals surface area contributed by atoms with Gasteiger partial charge in [0, 0.05) is 13.1 Å². The lowest BCUT2D eigenvalue weighted by molar-refractivity contribution is -0.0599. The molecule has 86 valence electrons. The van der Waals surface area contributed by atoms with Crippen LogP contribution >= 0.6 is 0 Å². The van der Waals surface area contributed by atoms with E-state index >= 15 is 0 Å². The fourth-order valence-electron chi connectivity index (χ4n) is 1.95. The Morgan fingerprint density at radius 2 is 1.94 bits per heavy atom. The van der Waals surface area contributed by atoms with Gasteiger partial charge in [-0.1, -0.05) is 24.3 Å². The van der Waals surface area contributed by atoms with Crippen molar-refractivity contribution in [3.05, 3.63) is 29.8 Å². The van der Waals surface area contributed by atoms with Gasteiger partial charge in [-0.25, -0.2) is 0 Å². The molecule has 1 aromatic carbocycles. The molecule has 0 saturated carbocycles. The first-order valence-electron chi connectivity index (χ1n) is 5.51. The first-order chi connectivity index (χ1) is 7.83. The van der Waals surface area contributed by atoms with E-state index in [2.05, 4.69) is 0 Å². The topological polar surface area (TPSA) is 52.9 Å². The number of rotatable bonds is 3. The van der Waals surface area contributed by atoms with Gasteiger partial charge in [-0.05, 0) is 11.0 Å². The zero-order valence-electron chi connectivity index (χ0n) is 9.17. The van der Waals surface area contributed by atoms with Gasteiger partial charge >= 0.3 is 7.48 Å². The van der Waals surface area contributed by atoms with Gasteiger partial charge in [-0.15, -0.1) is 0 Å². The van der Waals surface area contributed by atoms with Crippen molar-refractivity contribution in [1.82, 2.24) is 4.90 Å². The maximum atomic E-state index is 10.2. The molecule has 5 heteroatoms. The van der Waals surface area contributed by atoms with Crippen LogP contribution in [-0.4, -0.2) is 48.8 Å². The number of hydrogen-bond acceptors (Lipinski definition) is 4. The van der Waals surface area contributed by atoms with Crippen molar-refractivity contribution in [1.29, 1.82) is 0 Å². The number of benzene rings is 1. The van der Waals surface area contributed by atoms with E-state index in [4.69, 9.17) is 4.74 Å². The SMILES string of the molecule is OBc1ccccc1C(O)N1CCOCC1. The van der Waals surface area contributed by atoms with Crippen molar-refractivity contribution >= 4 is 12.9 Å². The van der Waals surface area contributed by atoms with E-state index in [1.54, 1.807) is 0 Å². The molecule has 0 spiro atoms. The number of hydrogen-bond donors (Lipinski definition) is 2. The van der Waals surface area contributed by atoms with E-state index < -0.39 is 6.23 Å². The predicted octanol–water partition coefficient (Wildman–Crippen LogP) is -1.02. The molecule has 16 heavy (non-hydrogen) atoms. The normalized spacial score (nSPS) is 19.4. The van der Waals surface area contributed by atoms with Gasteiger partial charge in [0.05, 0.1) is 13.2 Å². The molecule has 0 aromatic heterocycles. The van der Waals surface area contributed by atoms with Crippen molar-refractivity contribution in [2.45, 2.75) is 6.23 Å². The van der Waals surface area contributed by atoms with Crippen molar-refractivity contribution < 1.29 is 14.9 Å². The Hall–Kier alpha value is -0.875. The lowest BCUT2D eigenvalue weighted by Crippen LogP contribution is -2.41. The summed E-state index contributed by atoms with van der Waals surface area (Å²) < 4.78 is 5.24. The fraction of sp³-hybridized carbons (Fsp3) is 0.455. The molecular weight excluding hydrogens is 205 g/mol. The first kappa shape index (κ1) is 11.6. The second-order valence-corrected chi connectivity index (χ2v) is 3.88. The van der Waals surface area contributed by atoms with Gasteiger partial charge in [0.2, 0.25) is 0 Å². The number of aliphatic hydroxyl groups is 1.